The molecule has 1 saturated heterocycles. The molecule has 1 aliphatic heterocycles. The minimum atomic E-state index is -0.109. The molecule has 0 amide bonds. The van der Waals surface area contributed by atoms with Gasteiger partial charge in [-0.2, -0.15) is 0 Å². The van der Waals surface area contributed by atoms with Crippen LogP contribution in [0.5, 0.6) is 0 Å². The number of aliphatic hydroxyl groups is 1. The quantitative estimate of drug-likeness (QED) is 0.138. The summed E-state index contributed by atoms with van der Waals surface area (Å²) in [6.45, 7) is 8.90. The van der Waals surface area contributed by atoms with Crippen molar-refractivity contribution in [3.63, 3.8) is 0 Å². The number of allylic oxidation sites excluding steroid dienone is 5. The molecule has 39 heavy (non-hydrogen) atoms. The molecule has 1 saturated carbocycles. The van der Waals surface area contributed by atoms with Gasteiger partial charge in [-0.15, -0.1) is 0 Å². The van der Waals surface area contributed by atoms with Crippen LogP contribution in [-0.2, 0) is 20.8 Å². The minimum absolute atomic E-state index is 0.0481. The molecule has 1 N–H and O–H groups in total. The molecule has 3 aliphatic rings. The standard InChI is InChI=1S/C35H52O4/c1-26(2)16-17-27(3)18-19-32(36)35-31-23-29(14-8-5-10-20-37-25-28-12-6-4-7-13-28)22-30(31)24-33(35)39-34-15-9-11-21-38-34/h4,6-7,12-13,16,19,22,27,30-31,33-36H,5,8-11,14-15,17-18,20-21,23-25H2,1-3H3/t27?,30-,31-,33-,34?,35+/m1/s1. The van der Waals surface area contributed by atoms with Gasteiger partial charge in [0.15, 0.2) is 6.29 Å². The summed E-state index contributed by atoms with van der Waals surface area (Å²) in [5, 5.41) is 11.4. The Morgan fingerprint density at radius 3 is 2.67 bits per heavy atom. The van der Waals surface area contributed by atoms with Gasteiger partial charge < -0.3 is 19.3 Å². The first kappa shape index (κ1) is 30.1. The first-order valence-corrected chi connectivity index (χ1v) is 15.6. The van der Waals surface area contributed by atoms with Gasteiger partial charge in [0.2, 0.25) is 0 Å². The fraction of sp³-hybridized carbons (Fsp3) is 0.657. The smallest absolute Gasteiger partial charge is 0.157 e. The Bertz CT molecular complexity index is 939. The summed E-state index contributed by atoms with van der Waals surface area (Å²) in [5.74, 6) is 2.11. The molecular formula is C35H52O4. The normalized spacial score (nSPS) is 27.7. The molecule has 0 radical (unpaired) electrons. The van der Waals surface area contributed by atoms with Crippen molar-refractivity contribution in [2.75, 3.05) is 13.2 Å². The minimum Gasteiger partial charge on any atom is -0.512 e. The van der Waals surface area contributed by atoms with Crippen molar-refractivity contribution >= 4 is 0 Å². The molecule has 1 heterocycles. The van der Waals surface area contributed by atoms with Gasteiger partial charge >= 0.3 is 0 Å². The van der Waals surface area contributed by atoms with E-state index >= 15 is 0 Å². The van der Waals surface area contributed by atoms with Crippen LogP contribution in [0, 0.1) is 23.7 Å². The van der Waals surface area contributed by atoms with Crippen molar-refractivity contribution in [1.82, 2.24) is 0 Å². The van der Waals surface area contributed by atoms with Crippen molar-refractivity contribution in [1.29, 1.82) is 0 Å². The fourth-order valence-electron chi connectivity index (χ4n) is 6.51. The number of fused-ring (bicyclic) bond motifs is 1. The van der Waals surface area contributed by atoms with Crippen LogP contribution in [0.25, 0.3) is 0 Å². The lowest BCUT2D eigenvalue weighted by Crippen LogP contribution is -2.32. The Labute approximate surface area is 237 Å². The summed E-state index contributed by atoms with van der Waals surface area (Å²) in [5.41, 5.74) is 4.18. The summed E-state index contributed by atoms with van der Waals surface area (Å²) in [4.78, 5) is 0. The van der Waals surface area contributed by atoms with Crippen LogP contribution in [0.1, 0.15) is 97.0 Å². The maximum Gasteiger partial charge on any atom is 0.157 e. The predicted octanol–water partition coefficient (Wildman–Crippen LogP) is 9.08. The maximum absolute atomic E-state index is 11.4. The van der Waals surface area contributed by atoms with Gasteiger partial charge in [-0.25, -0.2) is 0 Å². The lowest BCUT2D eigenvalue weighted by molar-refractivity contribution is -0.195. The van der Waals surface area contributed by atoms with Crippen LogP contribution >= 0.6 is 0 Å². The van der Waals surface area contributed by atoms with Gasteiger partial charge in [-0.1, -0.05) is 67.0 Å². The highest BCUT2D eigenvalue weighted by Gasteiger charge is 2.48. The van der Waals surface area contributed by atoms with Gasteiger partial charge in [-0.05, 0) is 107 Å². The summed E-state index contributed by atoms with van der Waals surface area (Å²) in [7, 11) is 0. The molecule has 1 aromatic carbocycles. The largest absolute Gasteiger partial charge is 0.512 e. The van der Waals surface area contributed by atoms with E-state index in [9.17, 15) is 5.11 Å². The van der Waals surface area contributed by atoms with Gasteiger partial charge in [0.25, 0.3) is 0 Å². The van der Waals surface area contributed by atoms with Crippen molar-refractivity contribution in [3.05, 3.63) is 71.0 Å². The Hall–Kier alpha value is -1.88. The number of hydrogen-bond donors (Lipinski definition) is 1. The predicted molar refractivity (Wildman–Crippen MR) is 159 cm³/mol. The average molecular weight is 537 g/mol. The molecule has 2 aliphatic carbocycles. The SMILES string of the molecule is CC(C)=CCC(C)CC=C(O)[C@@H]1[C@@H]2CC(CCCCCOCc3ccccc3)=C[C@@H]2C[C@H]1OC1CCCCO1. The highest BCUT2D eigenvalue weighted by molar-refractivity contribution is 5.22. The number of ether oxygens (including phenoxy) is 3. The maximum atomic E-state index is 11.4. The number of rotatable bonds is 15. The van der Waals surface area contributed by atoms with E-state index in [4.69, 9.17) is 14.2 Å². The fourth-order valence-corrected chi connectivity index (χ4v) is 6.51. The van der Waals surface area contributed by atoms with E-state index in [1.54, 1.807) is 5.57 Å². The number of aliphatic hydroxyl groups excluding tert-OH is 1. The zero-order valence-corrected chi connectivity index (χ0v) is 24.7. The second-order valence-electron chi connectivity index (χ2n) is 12.4. The number of unbranched alkanes of at least 4 members (excludes halogenated alkanes) is 2. The molecule has 0 bridgehead atoms. The molecule has 0 aromatic heterocycles. The molecule has 6 atom stereocenters. The molecule has 4 nitrogen and oxygen atoms in total. The number of hydrogen-bond acceptors (Lipinski definition) is 4. The summed E-state index contributed by atoms with van der Waals surface area (Å²) < 4.78 is 18.3. The zero-order valence-electron chi connectivity index (χ0n) is 24.7. The lowest BCUT2D eigenvalue weighted by atomic mass is 9.86. The van der Waals surface area contributed by atoms with Gasteiger partial charge in [-0.3, -0.25) is 0 Å². The average Bonchev–Trinajstić information content (AvgIpc) is 3.48. The van der Waals surface area contributed by atoms with E-state index < -0.39 is 0 Å². The third-order valence-electron chi connectivity index (χ3n) is 8.73. The van der Waals surface area contributed by atoms with Crippen LogP contribution in [0.3, 0.4) is 0 Å². The molecule has 216 valence electrons. The third-order valence-corrected chi connectivity index (χ3v) is 8.73. The molecular weight excluding hydrogens is 484 g/mol. The van der Waals surface area contributed by atoms with Crippen LogP contribution in [0.15, 0.2) is 65.5 Å². The van der Waals surface area contributed by atoms with Crippen LogP contribution < -0.4 is 0 Å². The topological polar surface area (TPSA) is 47.9 Å². The lowest BCUT2D eigenvalue weighted by Gasteiger charge is -2.30. The van der Waals surface area contributed by atoms with E-state index in [0.29, 0.717) is 30.1 Å². The molecule has 2 unspecified atom stereocenters. The van der Waals surface area contributed by atoms with Crippen LogP contribution in [-0.4, -0.2) is 30.7 Å². The molecule has 2 fully saturated rings. The number of benzene rings is 1. The van der Waals surface area contributed by atoms with Crippen molar-refractivity contribution < 1.29 is 19.3 Å². The van der Waals surface area contributed by atoms with E-state index in [2.05, 4.69) is 63.3 Å². The van der Waals surface area contributed by atoms with Crippen molar-refractivity contribution in [2.24, 2.45) is 23.7 Å². The zero-order chi connectivity index (χ0) is 27.5. The second-order valence-corrected chi connectivity index (χ2v) is 12.4. The monoisotopic (exact) mass is 536 g/mol. The Kier molecular flexibility index (Phi) is 12.2. The Morgan fingerprint density at radius 1 is 1.08 bits per heavy atom. The first-order chi connectivity index (χ1) is 19.0. The third kappa shape index (κ3) is 9.62. The molecule has 1 aromatic rings. The summed E-state index contributed by atoms with van der Waals surface area (Å²) in [6.07, 6.45) is 18.9. The molecule has 0 spiro atoms. The van der Waals surface area contributed by atoms with Crippen LogP contribution in [0.4, 0.5) is 0 Å². The summed E-state index contributed by atoms with van der Waals surface area (Å²) in [6, 6.07) is 10.4. The van der Waals surface area contributed by atoms with Crippen molar-refractivity contribution in [3.8, 4) is 0 Å². The van der Waals surface area contributed by atoms with Crippen LogP contribution in [0.2, 0.25) is 0 Å². The highest BCUT2D eigenvalue weighted by Crippen LogP contribution is 2.51. The second kappa shape index (κ2) is 15.8. The van der Waals surface area contributed by atoms with Gasteiger partial charge in [0.1, 0.15) is 0 Å². The summed E-state index contributed by atoms with van der Waals surface area (Å²) >= 11 is 0. The van der Waals surface area contributed by atoms with Gasteiger partial charge in [0.05, 0.1) is 18.5 Å². The van der Waals surface area contributed by atoms with E-state index in [-0.39, 0.29) is 18.3 Å². The Balaban J connectivity index is 1.26. The van der Waals surface area contributed by atoms with E-state index in [0.717, 1.165) is 58.2 Å². The first-order valence-electron chi connectivity index (χ1n) is 15.6. The molecule has 4 heteroatoms. The Morgan fingerprint density at radius 2 is 1.90 bits per heavy atom. The van der Waals surface area contributed by atoms with E-state index in [1.165, 1.54) is 36.8 Å². The van der Waals surface area contributed by atoms with Crippen molar-refractivity contribution in [2.45, 2.75) is 110 Å². The van der Waals surface area contributed by atoms with E-state index in [1.807, 2.05) is 6.07 Å². The highest BCUT2D eigenvalue weighted by atomic mass is 16.7. The molecule has 4 rings (SSSR count). The van der Waals surface area contributed by atoms with Gasteiger partial charge in [0, 0.05) is 19.1 Å².